The lowest BCUT2D eigenvalue weighted by Crippen LogP contribution is -2.22. The number of nitrogens with one attached hydrogen (secondary N) is 1. The molecule has 0 spiro atoms. The zero-order valence-electron chi connectivity index (χ0n) is 8.17. The Hall–Kier alpha value is -0.700. The summed E-state index contributed by atoms with van der Waals surface area (Å²) in [5.41, 5.74) is 0. The number of hydrogen-bond donors (Lipinski definition) is 3. The lowest BCUT2D eigenvalue weighted by atomic mass is 10.2. The molecule has 0 fully saturated rings. The topological polar surface area (TPSA) is 105 Å². The molecule has 0 amide bonds. The first-order chi connectivity index (χ1) is 6.97. The number of thiazole rings is 1. The number of nitrogens with two attached hydrogens (primary N) is 1. The predicted octanol–water partition coefficient (Wildman–Crippen LogP) is -0.0267. The fourth-order valence-corrected chi connectivity index (χ4v) is 2.44. The normalized spacial score (nSPS) is 13.8. The van der Waals surface area contributed by atoms with E-state index < -0.39 is 10.0 Å². The van der Waals surface area contributed by atoms with Crippen LogP contribution in [0.25, 0.3) is 0 Å². The minimum absolute atomic E-state index is 0.0118. The summed E-state index contributed by atoms with van der Waals surface area (Å²) in [6.07, 6.45) is 1.92. The molecule has 1 rings (SSSR count). The highest BCUT2D eigenvalue weighted by Gasteiger charge is 2.14. The molecular formula is C7H13N3O3S2. The molecule has 1 aromatic rings. The van der Waals surface area contributed by atoms with Crippen molar-refractivity contribution in [3.63, 3.8) is 0 Å². The van der Waals surface area contributed by atoms with Crippen molar-refractivity contribution < 1.29 is 13.5 Å². The Morgan fingerprint density at radius 3 is 2.80 bits per heavy atom. The Morgan fingerprint density at radius 2 is 2.40 bits per heavy atom. The minimum atomic E-state index is -3.68. The standard InChI is InChI=1S/C7H13N3O3S2/c1-2-5(4-11)10-7-9-3-6(14-7)15(8,12)13/h3,5,11H,2,4H2,1H3,(H,9,10)(H2,8,12,13)/t5-/m1/s1. The first kappa shape index (κ1) is 12.4. The molecule has 4 N–H and O–H groups in total. The third-order valence-corrected chi connectivity index (χ3v) is 4.14. The first-order valence-corrected chi connectivity index (χ1v) is 6.69. The number of aliphatic hydroxyl groups is 1. The summed E-state index contributed by atoms with van der Waals surface area (Å²) in [6.45, 7) is 1.88. The third kappa shape index (κ3) is 3.42. The van der Waals surface area contributed by atoms with Crippen LogP contribution in [0.15, 0.2) is 10.4 Å². The average molecular weight is 251 g/mol. The zero-order chi connectivity index (χ0) is 11.5. The van der Waals surface area contributed by atoms with Crippen molar-refractivity contribution in [2.45, 2.75) is 23.6 Å². The van der Waals surface area contributed by atoms with E-state index in [1.807, 2.05) is 6.92 Å². The van der Waals surface area contributed by atoms with E-state index in [1.165, 1.54) is 6.20 Å². The number of aliphatic hydroxyl groups excluding tert-OH is 1. The number of rotatable bonds is 5. The Bertz CT molecular complexity index is 411. The van der Waals surface area contributed by atoms with E-state index in [0.717, 1.165) is 17.8 Å². The Balaban J connectivity index is 2.77. The fourth-order valence-electron chi connectivity index (χ4n) is 0.909. The van der Waals surface area contributed by atoms with Gasteiger partial charge >= 0.3 is 0 Å². The van der Waals surface area contributed by atoms with Gasteiger partial charge < -0.3 is 10.4 Å². The van der Waals surface area contributed by atoms with Gasteiger partial charge in [0.05, 0.1) is 18.8 Å². The number of hydrogen-bond acceptors (Lipinski definition) is 6. The molecule has 6 nitrogen and oxygen atoms in total. The first-order valence-electron chi connectivity index (χ1n) is 4.33. The smallest absolute Gasteiger partial charge is 0.249 e. The zero-order valence-corrected chi connectivity index (χ0v) is 9.81. The molecule has 0 unspecified atom stereocenters. The molecule has 15 heavy (non-hydrogen) atoms. The van der Waals surface area contributed by atoms with Gasteiger partial charge in [0, 0.05) is 0 Å². The van der Waals surface area contributed by atoms with Crippen molar-refractivity contribution in [2.75, 3.05) is 11.9 Å². The highest BCUT2D eigenvalue weighted by atomic mass is 32.2. The molecule has 8 heteroatoms. The number of aromatic nitrogens is 1. The minimum Gasteiger partial charge on any atom is -0.394 e. The van der Waals surface area contributed by atoms with Gasteiger partial charge in [-0.25, -0.2) is 18.5 Å². The number of sulfonamides is 1. The number of anilines is 1. The van der Waals surface area contributed by atoms with Gasteiger partial charge in [-0.15, -0.1) is 0 Å². The lowest BCUT2D eigenvalue weighted by molar-refractivity contribution is 0.272. The Morgan fingerprint density at radius 1 is 1.73 bits per heavy atom. The van der Waals surface area contributed by atoms with Gasteiger partial charge in [0.25, 0.3) is 0 Å². The lowest BCUT2D eigenvalue weighted by Gasteiger charge is -2.11. The van der Waals surface area contributed by atoms with Crippen LogP contribution < -0.4 is 10.5 Å². The van der Waals surface area contributed by atoms with Gasteiger partial charge in [-0.3, -0.25) is 0 Å². The highest BCUT2D eigenvalue weighted by molar-refractivity contribution is 7.91. The Kier molecular flexibility index (Phi) is 4.03. The Labute approximate surface area is 92.2 Å². The second-order valence-corrected chi connectivity index (χ2v) is 5.78. The largest absolute Gasteiger partial charge is 0.394 e. The van der Waals surface area contributed by atoms with Crippen molar-refractivity contribution in [2.24, 2.45) is 5.14 Å². The molecule has 0 radical (unpaired) electrons. The van der Waals surface area contributed by atoms with Crippen LogP contribution in [0, 0.1) is 0 Å². The van der Waals surface area contributed by atoms with Crippen molar-refractivity contribution in [3.8, 4) is 0 Å². The van der Waals surface area contributed by atoms with Crippen LogP contribution in [0.1, 0.15) is 13.3 Å². The monoisotopic (exact) mass is 251 g/mol. The van der Waals surface area contributed by atoms with Crippen LogP contribution in [0.2, 0.25) is 0 Å². The van der Waals surface area contributed by atoms with Crippen LogP contribution in [0.5, 0.6) is 0 Å². The summed E-state index contributed by atoms with van der Waals surface area (Å²) < 4.78 is 21.9. The van der Waals surface area contributed by atoms with Crippen LogP contribution in [-0.4, -0.2) is 31.2 Å². The summed E-state index contributed by atoms with van der Waals surface area (Å²) in [5, 5.41) is 17.2. The summed E-state index contributed by atoms with van der Waals surface area (Å²) in [6, 6.07) is -0.121. The van der Waals surface area contributed by atoms with Gasteiger partial charge in [0.1, 0.15) is 0 Å². The summed E-state index contributed by atoms with van der Waals surface area (Å²) in [7, 11) is -3.68. The van der Waals surface area contributed by atoms with Crippen molar-refractivity contribution in [1.29, 1.82) is 0 Å². The molecule has 86 valence electrons. The quantitative estimate of drug-likeness (QED) is 0.681. The molecule has 1 heterocycles. The van der Waals surface area contributed by atoms with E-state index in [9.17, 15) is 8.42 Å². The van der Waals surface area contributed by atoms with Crippen LogP contribution in [0.3, 0.4) is 0 Å². The van der Waals surface area contributed by atoms with Crippen molar-refractivity contribution in [1.82, 2.24) is 4.98 Å². The number of primary sulfonamides is 1. The maximum atomic E-state index is 10.9. The van der Waals surface area contributed by atoms with E-state index in [-0.39, 0.29) is 16.9 Å². The van der Waals surface area contributed by atoms with E-state index in [0.29, 0.717) is 5.13 Å². The predicted molar refractivity (Wildman–Crippen MR) is 58.3 cm³/mol. The molecule has 1 aromatic heterocycles. The molecule has 0 saturated carbocycles. The van der Waals surface area contributed by atoms with E-state index >= 15 is 0 Å². The molecule has 0 aromatic carbocycles. The molecule has 0 bridgehead atoms. The third-order valence-electron chi connectivity index (χ3n) is 1.81. The molecular weight excluding hydrogens is 238 g/mol. The summed E-state index contributed by atoms with van der Waals surface area (Å²) in [5.74, 6) is 0. The second kappa shape index (κ2) is 4.88. The van der Waals surface area contributed by atoms with Gasteiger partial charge in [-0.2, -0.15) is 0 Å². The SMILES string of the molecule is CC[C@H](CO)Nc1ncc(S(N)(=O)=O)s1. The summed E-state index contributed by atoms with van der Waals surface area (Å²) >= 11 is 0.953. The van der Waals surface area contributed by atoms with Crippen molar-refractivity contribution >= 4 is 26.5 Å². The molecule has 0 aliphatic heterocycles. The van der Waals surface area contributed by atoms with Gasteiger partial charge in [-0.05, 0) is 6.42 Å². The van der Waals surface area contributed by atoms with Crippen LogP contribution >= 0.6 is 11.3 Å². The second-order valence-electron chi connectivity index (χ2n) is 2.96. The van der Waals surface area contributed by atoms with Gasteiger partial charge in [-0.1, -0.05) is 18.3 Å². The molecule has 0 aliphatic carbocycles. The molecule has 1 atom stereocenters. The summed E-state index contributed by atoms with van der Waals surface area (Å²) in [4.78, 5) is 3.86. The molecule has 0 aliphatic rings. The van der Waals surface area contributed by atoms with Gasteiger partial charge in [0.15, 0.2) is 9.34 Å². The van der Waals surface area contributed by atoms with Crippen molar-refractivity contribution in [3.05, 3.63) is 6.20 Å². The molecule has 0 saturated heterocycles. The van der Waals surface area contributed by atoms with Crippen LogP contribution in [0.4, 0.5) is 5.13 Å². The number of nitrogens with zero attached hydrogens (tertiary/aromatic N) is 1. The van der Waals surface area contributed by atoms with E-state index in [4.69, 9.17) is 10.2 Å². The highest BCUT2D eigenvalue weighted by Crippen LogP contribution is 2.22. The van der Waals surface area contributed by atoms with E-state index in [1.54, 1.807) is 0 Å². The maximum Gasteiger partial charge on any atom is 0.249 e. The van der Waals surface area contributed by atoms with Crippen LogP contribution in [-0.2, 0) is 10.0 Å². The average Bonchev–Trinajstić information content (AvgIpc) is 2.61. The van der Waals surface area contributed by atoms with E-state index in [2.05, 4.69) is 10.3 Å². The fraction of sp³-hybridized carbons (Fsp3) is 0.571. The maximum absolute atomic E-state index is 10.9. The van der Waals surface area contributed by atoms with Gasteiger partial charge in [0.2, 0.25) is 10.0 Å².